The second-order valence-corrected chi connectivity index (χ2v) is 5.50. The molecule has 1 fully saturated rings. The quantitative estimate of drug-likeness (QED) is 0.680. The van der Waals surface area contributed by atoms with Crippen LogP contribution in [-0.2, 0) is 4.79 Å². The molecule has 3 rings (SSSR count). The van der Waals surface area contributed by atoms with Crippen LogP contribution in [0.15, 0.2) is 35.7 Å². The fraction of sp³-hybridized carbons (Fsp3) is 0.417. The van der Waals surface area contributed by atoms with Gasteiger partial charge in [-0.25, -0.2) is 0 Å². The van der Waals surface area contributed by atoms with Crippen molar-refractivity contribution in [3.8, 4) is 0 Å². The Morgan fingerprint density at radius 3 is 3.18 bits per heavy atom. The number of allylic oxidation sites excluding steroid dienone is 2. The van der Waals surface area contributed by atoms with Gasteiger partial charge in [0, 0.05) is 12.6 Å². The lowest BCUT2D eigenvalue weighted by atomic mass is 9.85. The summed E-state index contributed by atoms with van der Waals surface area (Å²) in [6.45, 7) is 0.540. The molecule has 4 nitrogen and oxygen atoms in total. The minimum atomic E-state index is 0.143. The number of hydrogen-bond acceptors (Lipinski definition) is 4. The summed E-state index contributed by atoms with van der Waals surface area (Å²) in [5, 5.41) is 3.31. The second-order valence-electron chi connectivity index (χ2n) is 4.68. The molecule has 0 radical (unpaired) electrons. The monoisotopic (exact) mass is 295 g/mol. The van der Waals surface area contributed by atoms with Gasteiger partial charge < -0.3 is 5.32 Å². The lowest BCUT2D eigenvalue weighted by Gasteiger charge is -2.44. The first-order valence-corrected chi connectivity index (χ1v) is 6.37. The average molecular weight is 296 g/mol. The highest BCUT2D eigenvalue weighted by atomic mass is 79.9. The van der Waals surface area contributed by atoms with E-state index in [1.165, 1.54) is 11.1 Å². The lowest BCUT2D eigenvalue weighted by molar-refractivity contribution is -0.121. The van der Waals surface area contributed by atoms with Crippen LogP contribution in [0.5, 0.6) is 0 Å². The topological polar surface area (TPSA) is 35.6 Å². The Bertz CT molecular complexity index is 455. The standard InChI is InChI=1S/C12H14BrN3O/c1-15-7-9(17)5-8-6-16(13)12-10(11(8)15)3-2-4-14-12/h2-4,6,11-12,14H,5,7H2,1H3. The predicted molar refractivity (Wildman–Crippen MR) is 69.0 cm³/mol. The Hall–Kier alpha value is -1.07. The maximum absolute atomic E-state index is 11.6. The van der Waals surface area contributed by atoms with Gasteiger partial charge in [-0.3, -0.25) is 13.6 Å². The van der Waals surface area contributed by atoms with Crippen molar-refractivity contribution >= 4 is 21.9 Å². The van der Waals surface area contributed by atoms with Gasteiger partial charge >= 0.3 is 0 Å². The molecular weight excluding hydrogens is 282 g/mol. The molecule has 0 spiro atoms. The highest BCUT2D eigenvalue weighted by Crippen LogP contribution is 2.35. The van der Waals surface area contributed by atoms with Crippen LogP contribution in [0.3, 0.4) is 0 Å². The van der Waals surface area contributed by atoms with E-state index in [1.54, 1.807) is 0 Å². The number of carbonyl (C=O) groups is 1. The first-order chi connectivity index (χ1) is 8.16. The summed E-state index contributed by atoms with van der Waals surface area (Å²) in [5.74, 6) is 0.286. The van der Waals surface area contributed by atoms with Gasteiger partial charge in [0.25, 0.3) is 0 Å². The third-order valence-electron chi connectivity index (χ3n) is 3.43. The van der Waals surface area contributed by atoms with E-state index in [2.05, 4.69) is 32.4 Å². The van der Waals surface area contributed by atoms with E-state index in [4.69, 9.17) is 0 Å². The summed E-state index contributed by atoms with van der Waals surface area (Å²) in [6, 6.07) is 0.254. The SMILES string of the molecule is CN1CC(=O)CC2=CN(Br)C3NC=CC=C3C21. The van der Waals surface area contributed by atoms with Gasteiger partial charge in [-0.2, -0.15) is 0 Å². The van der Waals surface area contributed by atoms with E-state index in [-0.39, 0.29) is 18.0 Å². The Morgan fingerprint density at radius 2 is 2.35 bits per heavy atom. The van der Waals surface area contributed by atoms with Gasteiger partial charge in [0.05, 0.1) is 28.7 Å². The predicted octanol–water partition coefficient (Wildman–Crippen LogP) is 1.14. The Morgan fingerprint density at radius 1 is 1.53 bits per heavy atom. The molecular formula is C12H14BrN3O. The molecule has 2 unspecified atom stereocenters. The molecule has 1 saturated heterocycles. The molecule has 0 aromatic heterocycles. The third kappa shape index (κ3) is 1.73. The van der Waals surface area contributed by atoms with Gasteiger partial charge in [-0.15, -0.1) is 0 Å². The smallest absolute Gasteiger partial charge is 0.151 e. The van der Waals surface area contributed by atoms with E-state index >= 15 is 0 Å². The molecule has 17 heavy (non-hydrogen) atoms. The van der Waals surface area contributed by atoms with Gasteiger partial charge in [-0.05, 0) is 30.5 Å². The third-order valence-corrected chi connectivity index (χ3v) is 4.04. The Labute approximate surface area is 109 Å². The highest BCUT2D eigenvalue weighted by molar-refractivity contribution is 9.07. The summed E-state index contributed by atoms with van der Waals surface area (Å²) in [5.41, 5.74) is 2.46. The van der Waals surface area contributed by atoms with Crippen molar-refractivity contribution in [3.63, 3.8) is 0 Å². The molecule has 0 aliphatic carbocycles. The molecule has 3 aliphatic heterocycles. The molecule has 0 amide bonds. The second kappa shape index (κ2) is 3.99. The molecule has 90 valence electrons. The normalized spacial score (nSPS) is 32.4. The number of likely N-dealkylation sites (N-methyl/N-ethyl adjacent to an activating group) is 1. The fourth-order valence-corrected chi connectivity index (χ4v) is 3.42. The van der Waals surface area contributed by atoms with Crippen LogP contribution in [0, 0.1) is 0 Å². The number of Topliss-reactive ketones (excluding diaryl/α,β-unsaturated/α-hetero) is 1. The van der Waals surface area contributed by atoms with Crippen LogP contribution in [-0.4, -0.2) is 40.4 Å². The molecule has 3 heterocycles. The lowest BCUT2D eigenvalue weighted by Crippen LogP contribution is -2.53. The molecule has 5 heteroatoms. The molecule has 2 atom stereocenters. The van der Waals surface area contributed by atoms with Crippen LogP contribution in [0.25, 0.3) is 0 Å². The first kappa shape index (κ1) is 11.0. The molecule has 1 N–H and O–H groups in total. The number of piperidine rings is 1. The number of fused-ring (bicyclic) bond motifs is 3. The number of dihydropyridines is 1. The zero-order valence-electron chi connectivity index (χ0n) is 9.56. The van der Waals surface area contributed by atoms with Crippen LogP contribution in [0.2, 0.25) is 0 Å². The molecule has 0 bridgehead atoms. The minimum absolute atomic E-state index is 0.143. The van der Waals surface area contributed by atoms with Crippen molar-refractivity contribution in [2.24, 2.45) is 0 Å². The molecule has 0 aromatic rings. The van der Waals surface area contributed by atoms with Gasteiger partial charge in [0.2, 0.25) is 0 Å². The van der Waals surface area contributed by atoms with Crippen LogP contribution >= 0.6 is 16.1 Å². The summed E-state index contributed by atoms with van der Waals surface area (Å²) >= 11 is 3.52. The summed E-state index contributed by atoms with van der Waals surface area (Å²) in [6.07, 6.45) is 8.83. The Balaban J connectivity index is 2.04. The van der Waals surface area contributed by atoms with E-state index in [0.717, 1.165) is 0 Å². The van der Waals surface area contributed by atoms with Crippen molar-refractivity contribution < 1.29 is 4.79 Å². The van der Waals surface area contributed by atoms with Gasteiger partial charge in [0.1, 0.15) is 6.17 Å². The number of likely N-dealkylation sites (tertiary alicyclic amines) is 1. The number of nitrogens with one attached hydrogen (secondary N) is 1. The minimum Gasteiger partial charge on any atom is -0.367 e. The molecule has 3 aliphatic rings. The number of halogens is 1. The summed E-state index contributed by atoms with van der Waals surface area (Å²) in [4.78, 5) is 13.8. The van der Waals surface area contributed by atoms with Crippen molar-refractivity contribution in [1.82, 2.24) is 14.1 Å². The average Bonchev–Trinajstić information content (AvgIpc) is 2.28. The molecule has 0 saturated carbocycles. The Kier molecular flexibility index (Phi) is 2.60. The maximum atomic E-state index is 11.6. The number of hydrogen-bond donors (Lipinski definition) is 1. The summed E-state index contributed by atoms with van der Waals surface area (Å²) < 4.78 is 1.96. The van der Waals surface area contributed by atoms with Crippen molar-refractivity contribution in [2.45, 2.75) is 18.6 Å². The van der Waals surface area contributed by atoms with Crippen LogP contribution in [0.4, 0.5) is 0 Å². The number of rotatable bonds is 0. The zero-order valence-corrected chi connectivity index (χ0v) is 11.1. The summed E-state index contributed by atoms with van der Waals surface area (Å²) in [7, 11) is 2.01. The largest absolute Gasteiger partial charge is 0.367 e. The van der Waals surface area contributed by atoms with Crippen LogP contribution in [0.1, 0.15) is 6.42 Å². The van der Waals surface area contributed by atoms with Gasteiger partial charge in [0.15, 0.2) is 5.78 Å². The number of nitrogens with zero attached hydrogens (tertiary/aromatic N) is 2. The van der Waals surface area contributed by atoms with Crippen molar-refractivity contribution in [2.75, 3.05) is 13.6 Å². The fourth-order valence-electron chi connectivity index (χ4n) is 2.80. The van der Waals surface area contributed by atoms with Crippen molar-refractivity contribution in [3.05, 3.63) is 35.7 Å². The van der Waals surface area contributed by atoms with Crippen LogP contribution < -0.4 is 5.32 Å². The van der Waals surface area contributed by atoms with E-state index in [1.807, 2.05) is 29.4 Å². The number of carbonyl (C=O) groups excluding carboxylic acids is 1. The first-order valence-electron chi connectivity index (χ1n) is 5.66. The van der Waals surface area contributed by atoms with E-state index < -0.39 is 0 Å². The maximum Gasteiger partial charge on any atom is 0.151 e. The number of ketones is 1. The van der Waals surface area contributed by atoms with Gasteiger partial charge in [-0.1, -0.05) is 6.08 Å². The molecule has 0 aromatic carbocycles. The zero-order chi connectivity index (χ0) is 12.0. The highest BCUT2D eigenvalue weighted by Gasteiger charge is 2.39. The van der Waals surface area contributed by atoms with Crippen molar-refractivity contribution in [1.29, 1.82) is 0 Å². The van der Waals surface area contributed by atoms with E-state index in [9.17, 15) is 4.79 Å². The van der Waals surface area contributed by atoms with E-state index in [0.29, 0.717) is 13.0 Å².